The quantitative estimate of drug-likeness (QED) is 0.722. The van der Waals surface area contributed by atoms with Gasteiger partial charge in [0, 0.05) is 12.6 Å². The van der Waals surface area contributed by atoms with Crippen LogP contribution in [0.2, 0.25) is 0 Å². The lowest BCUT2D eigenvalue weighted by Gasteiger charge is -2.04. The summed E-state index contributed by atoms with van der Waals surface area (Å²) in [6, 6.07) is 1.55. The highest BCUT2D eigenvalue weighted by Gasteiger charge is 2.14. The highest BCUT2D eigenvalue weighted by molar-refractivity contribution is 7.88. The van der Waals surface area contributed by atoms with Crippen LogP contribution in [0.5, 0.6) is 0 Å². The Balaban J connectivity index is 2.38. The zero-order valence-corrected chi connectivity index (χ0v) is 11.1. The number of ether oxygens (including phenoxy) is 1. The standard InChI is InChI=1S/C10H16N2O5S/c1-3-16-10(13)4-5-11-18(14,15)7-9-6-8(2)17-12-9/h6,11H,3-5,7H2,1-2H3. The molecule has 0 aromatic carbocycles. The summed E-state index contributed by atoms with van der Waals surface area (Å²) in [6.45, 7) is 3.66. The molecule has 0 saturated carbocycles. The summed E-state index contributed by atoms with van der Waals surface area (Å²) in [5.74, 6) is -0.156. The van der Waals surface area contributed by atoms with Crippen molar-refractivity contribution in [1.29, 1.82) is 0 Å². The number of carbonyl (C=O) groups is 1. The van der Waals surface area contributed by atoms with E-state index in [1.165, 1.54) is 0 Å². The minimum Gasteiger partial charge on any atom is -0.466 e. The molecule has 0 radical (unpaired) electrons. The number of esters is 1. The predicted octanol–water partition coefficient (Wildman–Crippen LogP) is 0.356. The largest absolute Gasteiger partial charge is 0.466 e. The van der Waals surface area contributed by atoms with Crippen LogP contribution in [0.25, 0.3) is 0 Å². The molecule has 0 fully saturated rings. The van der Waals surface area contributed by atoms with Crippen molar-refractivity contribution in [3.8, 4) is 0 Å². The third-order valence-electron chi connectivity index (χ3n) is 1.97. The zero-order chi connectivity index (χ0) is 13.6. The van der Waals surface area contributed by atoms with Crippen molar-refractivity contribution >= 4 is 16.0 Å². The molecule has 1 aromatic rings. The summed E-state index contributed by atoms with van der Waals surface area (Å²) in [6.07, 6.45) is 0.00487. The molecule has 102 valence electrons. The molecule has 8 heteroatoms. The molecule has 18 heavy (non-hydrogen) atoms. The first-order chi connectivity index (χ1) is 8.43. The summed E-state index contributed by atoms with van der Waals surface area (Å²) in [5, 5.41) is 3.59. The molecule has 0 saturated heterocycles. The third kappa shape index (κ3) is 5.28. The van der Waals surface area contributed by atoms with Gasteiger partial charge in [0.15, 0.2) is 0 Å². The molecule has 1 aromatic heterocycles. The van der Waals surface area contributed by atoms with Crippen LogP contribution >= 0.6 is 0 Å². The highest BCUT2D eigenvalue weighted by Crippen LogP contribution is 2.05. The van der Waals surface area contributed by atoms with Gasteiger partial charge in [-0.25, -0.2) is 13.1 Å². The molecule has 0 bridgehead atoms. The van der Waals surface area contributed by atoms with Crippen LogP contribution in [0, 0.1) is 6.92 Å². The maximum Gasteiger partial charge on any atom is 0.307 e. The van der Waals surface area contributed by atoms with E-state index in [0.717, 1.165) is 0 Å². The summed E-state index contributed by atoms with van der Waals surface area (Å²) in [7, 11) is -3.51. The van der Waals surface area contributed by atoms with E-state index >= 15 is 0 Å². The molecule has 0 aliphatic heterocycles. The minimum absolute atomic E-state index is 0.00487. The minimum atomic E-state index is -3.51. The molecule has 0 atom stereocenters. The average molecular weight is 276 g/mol. The van der Waals surface area contributed by atoms with E-state index in [1.54, 1.807) is 19.9 Å². The molecule has 0 unspecified atom stereocenters. The summed E-state index contributed by atoms with van der Waals surface area (Å²) in [4.78, 5) is 11.0. The predicted molar refractivity (Wildman–Crippen MR) is 63.1 cm³/mol. The lowest BCUT2D eigenvalue weighted by molar-refractivity contribution is -0.142. The topological polar surface area (TPSA) is 98.5 Å². The number of nitrogens with one attached hydrogen (secondary N) is 1. The van der Waals surface area contributed by atoms with Gasteiger partial charge < -0.3 is 9.26 Å². The summed E-state index contributed by atoms with van der Waals surface area (Å²) in [5.41, 5.74) is 0.330. The number of hydrogen-bond donors (Lipinski definition) is 1. The van der Waals surface area contributed by atoms with Crippen molar-refractivity contribution in [3.63, 3.8) is 0 Å². The van der Waals surface area contributed by atoms with Gasteiger partial charge >= 0.3 is 5.97 Å². The van der Waals surface area contributed by atoms with E-state index in [9.17, 15) is 13.2 Å². The van der Waals surface area contributed by atoms with E-state index in [-0.39, 0.29) is 25.3 Å². The smallest absolute Gasteiger partial charge is 0.307 e. The Morgan fingerprint density at radius 3 is 2.83 bits per heavy atom. The number of carbonyl (C=O) groups excluding carboxylic acids is 1. The van der Waals surface area contributed by atoms with Crippen LogP contribution in [0.3, 0.4) is 0 Å². The monoisotopic (exact) mass is 276 g/mol. The van der Waals surface area contributed by atoms with E-state index in [4.69, 9.17) is 4.52 Å². The molecule has 7 nitrogen and oxygen atoms in total. The van der Waals surface area contributed by atoms with Gasteiger partial charge in [0.2, 0.25) is 10.0 Å². The fraction of sp³-hybridized carbons (Fsp3) is 0.600. The van der Waals surface area contributed by atoms with Gasteiger partial charge in [0.05, 0.1) is 13.0 Å². The Labute approximate surface area is 106 Å². The number of nitrogens with zero attached hydrogens (tertiary/aromatic N) is 1. The number of rotatable bonds is 7. The number of hydrogen-bond acceptors (Lipinski definition) is 6. The Morgan fingerprint density at radius 1 is 1.56 bits per heavy atom. The van der Waals surface area contributed by atoms with Crippen LogP contribution in [-0.4, -0.2) is 32.7 Å². The Hall–Kier alpha value is -1.41. The molecule has 0 spiro atoms. The number of aryl methyl sites for hydroxylation is 1. The van der Waals surface area contributed by atoms with E-state index < -0.39 is 16.0 Å². The van der Waals surface area contributed by atoms with Gasteiger partial charge in [-0.1, -0.05) is 5.16 Å². The van der Waals surface area contributed by atoms with Gasteiger partial charge in [-0.15, -0.1) is 0 Å². The van der Waals surface area contributed by atoms with Crippen molar-refractivity contribution in [2.75, 3.05) is 13.2 Å². The molecular weight excluding hydrogens is 260 g/mol. The summed E-state index contributed by atoms with van der Waals surface area (Å²) < 4.78 is 34.9. The van der Waals surface area contributed by atoms with E-state index in [2.05, 4.69) is 14.6 Å². The van der Waals surface area contributed by atoms with Crippen molar-refractivity contribution in [2.45, 2.75) is 26.0 Å². The zero-order valence-electron chi connectivity index (χ0n) is 10.3. The fourth-order valence-electron chi connectivity index (χ4n) is 1.27. The second kappa shape index (κ2) is 6.50. The molecule has 1 heterocycles. The first-order valence-electron chi connectivity index (χ1n) is 5.48. The SMILES string of the molecule is CCOC(=O)CCNS(=O)(=O)Cc1cc(C)on1. The van der Waals surface area contributed by atoms with Crippen LogP contribution in [0.15, 0.2) is 10.6 Å². The first kappa shape index (κ1) is 14.7. The lowest BCUT2D eigenvalue weighted by atomic mass is 10.4. The van der Waals surface area contributed by atoms with Gasteiger partial charge in [0.1, 0.15) is 17.2 Å². The number of aromatic nitrogens is 1. The van der Waals surface area contributed by atoms with Crippen LogP contribution in [-0.2, 0) is 25.3 Å². The second-order valence-corrected chi connectivity index (χ2v) is 5.44. The van der Waals surface area contributed by atoms with Crippen LogP contribution in [0.4, 0.5) is 0 Å². The van der Waals surface area contributed by atoms with Gasteiger partial charge in [-0.2, -0.15) is 0 Å². The van der Waals surface area contributed by atoms with Crippen molar-refractivity contribution < 1.29 is 22.5 Å². The van der Waals surface area contributed by atoms with E-state index in [0.29, 0.717) is 11.5 Å². The molecule has 0 aliphatic rings. The summed E-state index contributed by atoms with van der Waals surface area (Å²) >= 11 is 0. The molecule has 1 rings (SSSR count). The van der Waals surface area contributed by atoms with Crippen LogP contribution in [0.1, 0.15) is 24.8 Å². The normalized spacial score (nSPS) is 11.4. The van der Waals surface area contributed by atoms with E-state index in [1.807, 2.05) is 0 Å². The maximum atomic E-state index is 11.6. The van der Waals surface area contributed by atoms with Gasteiger partial charge in [-0.3, -0.25) is 4.79 Å². The lowest BCUT2D eigenvalue weighted by Crippen LogP contribution is -2.28. The Morgan fingerprint density at radius 2 is 2.28 bits per heavy atom. The van der Waals surface area contributed by atoms with Crippen molar-refractivity contribution in [2.24, 2.45) is 0 Å². The van der Waals surface area contributed by atoms with Crippen molar-refractivity contribution in [1.82, 2.24) is 9.88 Å². The second-order valence-electron chi connectivity index (χ2n) is 3.64. The third-order valence-corrected chi connectivity index (χ3v) is 3.29. The first-order valence-corrected chi connectivity index (χ1v) is 7.13. The van der Waals surface area contributed by atoms with Gasteiger partial charge in [0.25, 0.3) is 0 Å². The maximum absolute atomic E-state index is 11.6. The average Bonchev–Trinajstić information content (AvgIpc) is 2.63. The van der Waals surface area contributed by atoms with Crippen LogP contribution < -0.4 is 4.72 Å². The van der Waals surface area contributed by atoms with Crippen molar-refractivity contribution in [3.05, 3.63) is 17.5 Å². The Bertz CT molecular complexity index is 494. The molecule has 1 N–H and O–H groups in total. The number of sulfonamides is 1. The fourth-order valence-corrected chi connectivity index (χ4v) is 2.31. The van der Waals surface area contributed by atoms with Gasteiger partial charge in [-0.05, 0) is 13.8 Å². The Kier molecular flexibility index (Phi) is 5.29. The molecular formula is C10H16N2O5S. The highest BCUT2D eigenvalue weighted by atomic mass is 32.2. The molecule has 0 amide bonds. The molecule has 0 aliphatic carbocycles.